The van der Waals surface area contributed by atoms with Gasteiger partial charge < -0.3 is 4.98 Å². The summed E-state index contributed by atoms with van der Waals surface area (Å²) in [5, 5.41) is 1.06. The monoisotopic (exact) mass is 332 g/mol. The van der Waals surface area contributed by atoms with E-state index in [9.17, 15) is 9.59 Å². The summed E-state index contributed by atoms with van der Waals surface area (Å²) in [6, 6.07) is 11.5. The fraction of sp³-hybridized carbons (Fsp3) is 0.0625. The topological polar surface area (TPSA) is 62.8 Å². The maximum Gasteiger partial charge on any atom is 0.270 e. The second-order valence-corrected chi connectivity index (χ2v) is 5.65. The quantitative estimate of drug-likeness (QED) is 0.744. The Kier molecular flexibility index (Phi) is 3.96. The molecule has 0 aliphatic rings. The minimum absolute atomic E-state index is 0.0739. The molecule has 0 bridgehead atoms. The van der Waals surface area contributed by atoms with Crippen molar-refractivity contribution >= 4 is 40.0 Å². The third kappa shape index (κ3) is 3.03. The molecule has 110 valence electrons. The molecule has 0 aliphatic carbocycles. The molecular weight excluding hydrogens is 323 g/mol. The number of nitrogens with one attached hydrogen (secondary N) is 1. The molecule has 0 amide bonds. The number of hydrogen-bond donors (Lipinski definition) is 1. The first-order valence-electron chi connectivity index (χ1n) is 6.50. The molecule has 0 saturated carbocycles. The fourth-order valence-electron chi connectivity index (χ4n) is 2.11. The number of halogens is 2. The van der Waals surface area contributed by atoms with Crippen LogP contribution in [-0.2, 0) is 6.42 Å². The lowest BCUT2D eigenvalue weighted by molar-refractivity contribution is 0.0991. The molecule has 1 aromatic heterocycles. The number of benzene rings is 2. The number of Topliss-reactive ketones (excluding diaryl/α,β-unsaturated/α-hetero) is 1. The number of rotatable bonds is 3. The predicted molar refractivity (Wildman–Crippen MR) is 86.9 cm³/mol. The number of nitrogens with zero attached hydrogens (tertiary/aromatic N) is 1. The van der Waals surface area contributed by atoms with Crippen molar-refractivity contribution in [3.8, 4) is 0 Å². The van der Waals surface area contributed by atoms with Crippen LogP contribution in [0.3, 0.4) is 0 Å². The van der Waals surface area contributed by atoms with E-state index in [0.29, 0.717) is 26.6 Å². The van der Waals surface area contributed by atoms with Gasteiger partial charge in [-0.15, -0.1) is 0 Å². The smallest absolute Gasteiger partial charge is 0.270 e. The van der Waals surface area contributed by atoms with Crippen LogP contribution in [0.5, 0.6) is 0 Å². The zero-order valence-corrected chi connectivity index (χ0v) is 12.8. The number of carbonyl (C=O) groups is 1. The van der Waals surface area contributed by atoms with Gasteiger partial charge in [0.15, 0.2) is 5.78 Å². The lowest BCUT2D eigenvalue weighted by Gasteiger charge is -2.03. The predicted octanol–water partition coefficient (Wildman–Crippen LogP) is 3.66. The molecule has 2 aromatic carbocycles. The number of ketones is 1. The van der Waals surface area contributed by atoms with E-state index in [-0.39, 0.29) is 17.9 Å². The third-order valence-corrected chi connectivity index (χ3v) is 3.71. The molecular formula is C16H10Cl2N2O2. The maximum absolute atomic E-state index is 12.2. The van der Waals surface area contributed by atoms with Gasteiger partial charge in [0.2, 0.25) is 0 Å². The second kappa shape index (κ2) is 5.91. The third-order valence-electron chi connectivity index (χ3n) is 3.22. The van der Waals surface area contributed by atoms with Crippen LogP contribution in [0.25, 0.3) is 11.0 Å². The van der Waals surface area contributed by atoms with Crippen molar-refractivity contribution < 1.29 is 4.79 Å². The van der Waals surface area contributed by atoms with E-state index >= 15 is 0 Å². The van der Waals surface area contributed by atoms with Crippen LogP contribution in [0.15, 0.2) is 47.3 Å². The van der Waals surface area contributed by atoms with Gasteiger partial charge in [-0.25, -0.2) is 4.98 Å². The van der Waals surface area contributed by atoms with E-state index in [0.717, 1.165) is 0 Å². The van der Waals surface area contributed by atoms with Crippen molar-refractivity contribution in [1.29, 1.82) is 0 Å². The van der Waals surface area contributed by atoms with Gasteiger partial charge in [-0.2, -0.15) is 0 Å². The Balaban J connectivity index is 1.95. The molecule has 1 N–H and O–H groups in total. The van der Waals surface area contributed by atoms with E-state index in [1.165, 1.54) is 0 Å². The number of H-pyrrole nitrogens is 1. The minimum atomic E-state index is -0.392. The molecule has 0 spiro atoms. The summed E-state index contributed by atoms with van der Waals surface area (Å²) in [5.41, 5.74) is 1.40. The maximum atomic E-state index is 12.2. The van der Waals surface area contributed by atoms with Gasteiger partial charge in [-0.3, -0.25) is 9.59 Å². The van der Waals surface area contributed by atoms with Gasteiger partial charge in [0.1, 0.15) is 5.69 Å². The molecule has 3 rings (SSSR count). The van der Waals surface area contributed by atoms with Crippen LogP contribution in [0, 0.1) is 0 Å². The van der Waals surface area contributed by atoms with Crippen molar-refractivity contribution in [2.75, 3.05) is 0 Å². The molecule has 0 fully saturated rings. The summed E-state index contributed by atoms with van der Waals surface area (Å²) in [7, 11) is 0. The van der Waals surface area contributed by atoms with Crippen LogP contribution in [-0.4, -0.2) is 15.8 Å². The van der Waals surface area contributed by atoms with Crippen LogP contribution >= 0.6 is 23.2 Å². The Hall–Kier alpha value is -2.17. The van der Waals surface area contributed by atoms with E-state index in [2.05, 4.69) is 9.97 Å². The normalized spacial score (nSPS) is 10.8. The average molecular weight is 333 g/mol. The van der Waals surface area contributed by atoms with E-state index in [1.807, 2.05) is 0 Å². The van der Waals surface area contributed by atoms with Crippen LogP contribution in [0.2, 0.25) is 10.0 Å². The van der Waals surface area contributed by atoms with Gasteiger partial charge >= 0.3 is 0 Å². The Morgan fingerprint density at radius 1 is 1.05 bits per heavy atom. The van der Waals surface area contributed by atoms with Gasteiger partial charge in [-0.05, 0) is 42.5 Å². The Morgan fingerprint density at radius 3 is 2.45 bits per heavy atom. The van der Waals surface area contributed by atoms with E-state index in [1.54, 1.807) is 42.5 Å². The minimum Gasteiger partial charge on any atom is -0.319 e. The summed E-state index contributed by atoms with van der Waals surface area (Å²) in [6.07, 6.45) is -0.0739. The molecule has 3 aromatic rings. The number of fused-ring (bicyclic) bond motifs is 1. The average Bonchev–Trinajstić information content (AvgIpc) is 2.49. The highest BCUT2D eigenvalue weighted by Gasteiger charge is 2.12. The van der Waals surface area contributed by atoms with Crippen LogP contribution in [0.4, 0.5) is 0 Å². The number of aromatic amines is 1. The first-order chi connectivity index (χ1) is 10.5. The van der Waals surface area contributed by atoms with Gasteiger partial charge in [0.25, 0.3) is 5.56 Å². The zero-order valence-electron chi connectivity index (χ0n) is 11.3. The van der Waals surface area contributed by atoms with Crippen molar-refractivity contribution in [2.24, 2.45) is 0 Å². The molecule has 0 aliphatic heterocycles. The summed E-state index contributed by atoms with van der Waals surface area (Å²) in [6.45, 7) is 0. The lowest BCUT2D eigenvalue weighted by Crippen LogP contribution is -2.19. The summed E-state index contributed by atoms with van der Waals surface area (Å²) < 4.78 is 0. The van der Waals surface area contributed by atoms with Crippen molar-refractivity contribution in [3.05, 3.63) is 74.1 Å². The SMILES string of the molecule is O=C(Cc1nc2ccc(Cl)cc2[nH]c1=O)c1ccc(Cl)cc1. The zero-order chi connectivity index (χ0) is 15.7. The first-order valence-corrected chi connectivity index (χ1v) is 7.26. The van der Waals surface area contributed by atoms with E-state index in [4.69, 9.17) is 23.2 Å². The lowest BCUT2D eigenvalue weighted by atomic mass is 10.1. The Bertz CT molecular complexity index is 918. The molecule has 0 atom stereocenters. The molecule has 0 unspecified atom stereocenters. The molecule has 22 heavy (non-hydrogen) atoms. The molecule has 6 heteroatoms. The fourth-order valence-corrected chi connectivity index (χ4v) is 2.40. The standard InChI is InChI=1S/C16H10Cl2N2O2/c17-10-3-1-9(2-4-10)15(21)8-14-16(22)20-13-7-11(18)5-6-12(13)19-14/h1-7H,8H2,(H,20,22). The summed E-state index contributed by atoms with van der Waals surface area (Å²) >= 11 is 11.7. The number of carbonyl (C=O) groups excluding carboxylic acids is 1. The van der Waals surface area contributed by atoms with Gasteiger partial charge in [0, 0.05) is 15.6 Å². The summed E-state index contributed by atoms with van der Waals surface area (Å²) in [4.78, 5) is 31.2. The van der Waals surface area contributed by atoms with Crippen molar-refractivity contribution in [3.63, 3.8) is 0 Å². The van der Waals surface area contributed by atoms with E-state index < -0.39 is 5.56 Å². The summed E-state index contributed by atoms with van der Waals surface area (Å²) in [5.74, 6) is -0.192. The largest absolute Gasteiger partial charge is 0.319 e. The van der Waals surface area contributed by atoms with Crippen molar-refractivity contribution in [1.82, 2.24) is 9.97 Å². The second-order valence-electron chi connectivity index (χ2n) is 4.78. The highest BCUT2D eigenvalue weighted by atomic mass is 35.5. The molecule has 4 nitrogen and oxygen atoms in total. The van der Waals surface area contributed by atoms with Crippen LogP contribution < -0.4 is 5.56 Å². The van der Waals surface area contributed by atoms with Gasteiger partial charge in [-0.1, -0.05) is 23.2 Å². The molecule has 1 heterocycles. The van der Waals surface area contributed by atoms with Crippen molar-refractivity contribution in [2.45, 2.75) is 6.42 Å². The Labute approximate surface area is 135 Å². The highest BCUT2D eigenvalue weighted by molar-refractivity contribution is 6.31. The molecule has 0 saturated heterocycles. The Morgan fingerprint density at radius 2 is 1.73 bits per heavy atom. The highest BCUT2D eigenvalue weighted by Crippen LogP contribution is 2.15. The van der Waals surface area contributed by atoms with Crippen LogP contribution in [0.1, 0.15) is 16.1 Å². The number of aromatic nitrogens is 2. The molecule has 0 radical (unpaired) electrons. The van der Waals surface area contributed by atoms with Gasteiger partial charge in [0.05, 0.1) is 17.5 Å². The first kappa shape index (κ1) is 14.8. The number of hydrogen-bond acceptors (Lipinski definition) is 3.